The number of benzene rings is 1. The number of nitrogens with one attached hydrogen (secondary N) is 1. The van der Waals surface area contributed by atoms with Gasteiger partial charge in [0.25, 0.3) is 10.2 Å². The standard InChI is InChI=1S/C17H23N3O3S/c1-13(2)17-11-15(19-23-17)16-9-6-10-20(16)24(21,22)18-12-14-7-4-3-5-8-14/h3-5,7-8,11,13,16,18H,6,9-10,12H2,1-2H3/t16-/m1/s1. The molecule has 0 saturated carbocycles. The van der Waals surface area contributed by atoms with Crippen LogP contribution in [0.5, 0.6) is 0 Å². The smallest absolute Gasteiger partial charge is 0.280 e. The molecule has 0 unspecified atom stereocenters. The fraction of sp³-hybridized carbons (Fsp3) is 0.471. The van der Waals surface area contributed by atoms with Gasteiger partial charge < -0.3 is 4.52 Å². The highest BCUT2D eigenvalue weighted by atomic mass is 32.2. The van der Waals surface area contributed by atoms with E-state index in [1.807, 2.05) is 50.2 Å². The molecule has 0 amide bonds. The molecule has 0 bridgehead atoms. The zero-order valence-electron chi connectivity index (χ0n) is 14.0. The molecular formula is C17H23N3O3S. The summed E-state index contributed by atoms with van der Waals surface area (Å²) in [4.78, 5) is 0. The third kappa shape index (κ3) is 3.68. The van der Waals surface area contributed by atoms with Crippen molar-refractivity contribution in [1.82, 2.24) is 14.2 Å². The van der Waals surface area contributed by atoms with E-state index in [9.17, 15) is 8.42 Å². The van der Waals surface area contributed by atoms with Crippen molar-refractivity contribution in [2.75, 3.05) is 6.54 Å². The Hall–Kier alpha value is -1.70. The maximum absolute atomic E-state index is 12.7. The normalized spacial score (nSPS) is 19.2. The molecule has 130 valence electrons. The van der Waals surface area contributed by atoms with E-state index in [4.69, 9.17) is 4.52 Å². The molecule has 1 fully saturated rings. The third-order valence-corrected chi connectivity index (χ3v) is 5.83. The Morgan fingerprint density at radius 1 is 1.33 bits per heavy atom. The zero-order chi connectivity index (χ0) is 17.2. The van der Waals surface area contributed by atoms with Gasteiger partial charge in [0.2, 0.25) is 0 Å². The van der Waals surface area contributed by atoms with Gasteiger partial charge in [-0.05, 0) is 18.4 Å². The lowest BCUT2D eigenvalue weighted by Crippen LogP contribution is -2.40. The highest BCUT2D eigenvalue weighted by molar-refractivity contribution is 7.87. The molecule has 7 heteroatoms. The molecule has 6 nitrogen and oxygen atoms in total. The van der Waals surface area contributed by atoms with Crippen LogP contribution < -0.4 is 4.72 Å². The SMILES string of the molecule is CC(C)c1cc([C@H]2CCCN2S(=O)(=O)NCc2ccccc2)no1. The van der Waals surface area contributed by atoms with Gasteiger partial charge in [0.05, 0.1) is 6.04 Å². The van der Waals surface area contributed by atoms with E-state index in [0.29, 0.717) is 12.2 Å². The second-order valence-corrected chi connectivity index (χ2v) is 8.10. The summed E-state index contributed by atoms with van der Waals surface area (Å²) in [5.41, 5.74) is 1.63. The first-order valence-electron chi connectivity index (χ1n) is 8.24. The lowest BCUT2D eigenvalue weighted by atomic mass is 10.1. The average molecular weight is 349 g/mol. The second kappa shape index (κ2) is 7.04. The van der Waals surface area contributed by atoms with E-state index in [2.05, 4.69) is 9.88 Å². The van der Waals surface area contributed by atoms with Gasteiger partial charge in [-0.25, -0.2) is 0 Å². The van der Waals surface area contributed by atoms with Crippen LogP contribution in [0.3, 0.4) is 0 Å². The predicted octanol–water partition coefficient (Wildman–Crippen LogP) is 2.97. The van der Waals surface area contributed by atoms with Gasteiger partial charge in [-0.2, -0.15) is 17.4 Å². The molecule has 0 spiro atoms. The molecule has 0 aliphatic carbocycles. The molecule has 3 rings (SSSR count). The van der Waals surface area contributed by atoms with Gasteiger partial charge >= 0.3 is 0 Å². The fourth-order valence-electron chi connectivity index (χ4n) is 2.91. The largest absolute Gasteiger partial charge is 0.361 e. The van der Waals surface area contributed by atoms with Crippen LogP contribution in [0.25, 0.3) is 0 Å². The van der Waals surface area contributed by atoms with Crippen molar-refractivity contribution in [2.45, 2.75) is 45.2 Å². The molecule has 1 saturated heterocycles. The lowest BCUT2D eigenvalue weighted by Gasteiger charge is -2.22. The number of rotatable bonds is 6. The minimum absolute atomic E-state index is 0.230. The van der Waals surface area contributed by atoms with Crippen LogP contribution in [-0.2, 0) is 16.8 Å². The lowest BCUT2D eigenvalue weighted by molar-refractivity contribution is 0.336. The highest BCUT2D eigenvalue weighted by Crippen LogP contribution is 2.34. The molecule has 1 aromatic heterocycles. The van der Waals surface area contributed by atoms with Crippen LogP contribution in [0.4, 0.5) is 0 Å². The monoisotopic (exact) mass is 349 g/mol. The Kier molecular flexibility index (Phi) is 5.03. The van der Waals surface area contributed by atoms with Crippen LogP contribution >= 0.6 is 0 Å². The molecule has 1 aliphatic rings. The molecular weight excluding hydrogens is 326 g/mol. The van der Waals surface area contributed by atoms with Gasteiger partial charge in [-0.1, -0.05) is 49.3 Å². The summed E-state index contributed by atoms with van der Waals surface area (Å²) < 4.78 is 34.9. The van der Waals surface area contributed by atoms with Crippen molar-refractivity contribution >= 4 is 10.2 Å². The van der Waals surface area contributed by atoms with E-state index in [0.717, 1.165) is 24.2 Å². The molecule has 1 N–H and O–H groups in total. The van der Waals surface area contributed by atoms with E-state index in [1.165, 1.54) is 4.31 Å². The first-order chi connectivity index (χ1) is 11.5. The summed E-state index contributed by atoms with van der Waals surface area (Å²) >= 11 is 0. The van der Waals surface area contributed by atoms with Gasteiger partial charge in [0, 0.05) is 25.1 Å². The van der Waals surface area contributed by atoms with Crippen LogP contribution in [0.2, 0.25) is 0 Å². The topological polar surface area (TPSA) is 75.4 Å². The fourth-order valence-corrected chi connectivity index (χ4v) is 4.34. The average Bonchev–Trinajstić information content (AvgIpc) is 3.23. The van der Waals surface area contributed by atoms with Crippen LogP contribution in [-0.4, -0.2) is 24.4 Å². The second-order valence-electron chi connectivity index (χ2n) is 6.39. The van der Waals surface area contributed by atoms with E-state index >= 15 is 0 Å². The highest BCUT2D eigenvalue weighted by Gasteiger charge is 2.36. The summed E-state index contributed by atoms with van der Waals surface area (Å²) in [5.74, 6) is 1.01. The van der Waals surface area contributed by atoms with Crippen LogP contribution in [0.15, 0.2) is 40.9 Å². The number of hydrogen-bond donors (Lipinski definition) is 1. The van der Waals surface area contributed by atoms with E-state index in [-0.39, 0.29) is 18.5 Å². The molecule has 24 heavy (non-hydrogen) atoms. The number of aromatic nitrogens is 1. The van der Waals surface area contributed by atoms with Crippen molar-refractivity contribution < 1.29 is 12.9 Å². The molecule has 1 aromatic carbocycles. The summed E-state index contributed by atoms with van der Waals surface area (Å²) in [7, 11) is -3.56. The Morgan fingerprint density at radius 3 is 2.75 bits per heavy atom. The minimum atomic E-state index is -3.56. The van der Waals surface area contributed by atoms with Crippen molar-refractivity contribution in [3.8, 4) is 0 Å². The number of hydrogen-bond acceptors (Lipinski definition) is 4. The third-order valence-electron chi connectivity index (χ3n) is 4.27. The summed E-state index contributed by atoms with van der Waals surface area (Å²) in [6.45, 7) is 4.82. The Labute approximate surface area is 143 Å². The first-order valence-corrected chi connectivity index (χ1v) is 9.68. The van der Waals surface area contributed by atoms with Crippen molar-refractivity contribution in [3.63, 3.8) is 0 Å². The quantitative estimate of drug-likeness (QED) is 0.870. The summed E-state index contributed by atoms with van der Waals surface area (Å²) in [6, 6.07) is 11.1. The molecule has 1 atom stereocenters. The van der Waals surface area contributed by atoms with Crippen molar-refractivity contribution in [1.29, 1.82) is 0 Å². The van der Waals surface area contributed by atoms with Crippen molar-refractivity contribution in [2.24, 2.45) is 0 Å². The van der Waals surface area contributed by atoms with Gasteiger partial charge in [-0.15, -0.1) is 0 Å². The Morgan fingerprint density at radius 2 is 2.08 bits per heavy atom. The van der Waals surface area contributed by atoms with Crippen molar-refractivity contribution in [3.05, 3.63) is 53.4 Å². The van der Waals surface area contributed by atoms with Gasteiger partial charge in [0.1, 0.15) is 11.5 Å². The van der Waals surface area contributed by atoms with Crippen LogP contribution in [0, 0.1) is 0 Å². The van der Waals surface area contributed by atoms with E-state index < -0.39 is 10.2 Å². The van der Waals surface area contributed by atoms with Gasteiger partial charge in [-0.3, -0.25) is 0 Å². The molecule has 2 aromatic rings. The maximum Gasteiger partial charge on any atom is 0.280 e. The van der Waals surface area contributed by atoms with Gasteiger partial charge in [0.15, 0.2) is 0 Å². The first kappa shape index (κ1) is 17.1. The molecule has 0 radical (unpaired) electrons. The number of nitrogens with zero attached hydrogens (tertiary/aromatic N) is 2. The molecule has 2 heterocycles. The summed E-state index contributed by atoms with van der Waals surface area (Å²) in [6.07, 6.45) is 1.58. The Bertz CT molecular complexity index is 771. The van der Waals surface area contributed by atoms with Crippen LogP contribution in [0.1, 0.15) is 55.7 Å². The molecule has 1 aliphatic heterocycles. The maximum atomic E-state index is 12.7. The Balaban J connectivity index is 1.73. The van der Waals surface area contributed by atoms with E-state index in [1.54, 1.807) is 0 Å². The predicted molar refractivity (Wildman–Crippen MR) is 91.5 cm³/mol. The minimum Gasteiger partial charge on any atom is -0.361 e. The zero-order valence-corrected chi connectivity index (χ0v) is 14.8. The summed E-state index contributed by atoms with van der Waals surface area (Å²) in [5, 5.41) is 4.09.